The van der Waals surface area contributed by atoms with Gasteiger partial charge in [0.15, 0.2) is 0 Å². The van der Waals surface area contributed by atoms with Crippen molar-refractivity contribution >= 4 is 0 Å². The topological polar surface area (TPSA) is 77.9 Å². The fourth-order valence-electron chi connectivity index (χ4n) is 4.88. The fraction of sp³-hybridized carbons (Fsp3) is 0.321. The van der Waals surface area contributed by atoms with Crippen molar-refractivity contribution in [3.63, 3.8) is 0 Å². The average Bonchev–Trinajstić information content (AvgIpc) is 2.89. The molecule has 1 fully saturated rings. The van der Waals surface area contributed by atoms with Crippen LogP contribution in [0.15, 0.2) is 84.9 Å². The third kappa shape index (κ3) is 5.43. The highest BCUT2D eigenvalue weighted by Crippen LogP contribution is 2.40. The Morgan fingerprint density at radius 3 is 1.97 bits per heavy atom. The van der Waals surface area contributed by atoms with Crippen LogP contribution >= 0.6 is 0 Å². The van der Waals surface area contributed by atoms with E-state index in [-0.39, 0.29) is 12.5 Å². The summed E-state index contributed by atoms with van der Waals surface area (Å²) in [6.07, 6.45) is 1.17. The van der Waals surface area contributed by atoms with Crippen molar-refractivity contribution in [2.75, 3.05) is 26.2 Å². The number of rotatable bonds is 8. The summed E-state index contributed by atoms with van der Waals surface area (Å²) in [6.45, 7) is 2.61. The van der Waals surface area contributed by atoms with Gasteiger partial charge in [-0.05, 0) is 35.4 Å². The maximum Gasteiger partial charge on any atom is 0.137 e. The van der Waals surface area contributed by atoms with E-state index in [9.17, 15) is 10.2 Å². The first-order valence-corrected chi connectivity index (χ1v) is 11.6. The zero-order chi connectivity index (χ0) is 23.1. The normalized spacial score (nSPS) is 19.4. The van der Waals surface area contributed by atoms with Crippen molar-refractivity contribution in [2.45, 2.75) is 24.5 Å². The van der Waals surface area contributed by atoms with E-state index < -0.39 is 11.7 Å². The molecule has 3 N–H and O–H groups in total. The van der Waals surface area contributed by atoms with Crippen LogP contribution in [0.4, 0.5) is 0 Å². The Hall–Kier alpha value is -3.17. The molecule has 5 heteroatoms. The second-order valence-corrected chi connectivity index (χ2v) is 8.83. The molecule has 1 aliphatic heterocycles. The molecule has 5 nitrogen and oxygen atoms in total. The molecule has 1 saturated heterocycles. The molecule has 3 aromatic carbocycles. The van der Waals surface area contributed by atoms with Crippen LogP contribution in [0.1, 0.15) is 29.5 Å². The Kier molecular flexibility index (Phi) is 7.41. The molecule has 0 aromatic heterocycles. The number of ether oxygens (including phenoxy) is 1. The van der Waals surface area contributed by atoms with Crippen LogP contribution in [-0.2, 0) is 5.60 Å². The average molecular weight is 444 g/mol. The van der Waals surface area contributed by atoms with Crippen molar-refractivity contribution in [3.8, 4) is 11.8 Å². The number of benzene rings is 3. The van der Waals surface area contributed by atoms with Gasteiger partial charge in [0.05, 0.1) is 24.7 Å². The monoisotopic (exact) mass is 443 g/mol. The van der Waals surface area contributed by atoms with E-state index in [1.165, 1.54) is 4.90 Å². The van der Waals surface area contributed by atoms with Crippen molar-refractivity contribution in [3.05, 3.63) is 102 Å². The Morgan fingerprint density at radius 1 is 0.909 bits per heavy atom. The minimum Gasteiger partial charge on any atom is -0.491 e. The van der Waals surface area contributed by atoms with E-state index in [2.05, 4.69) is 6.07 Å². The number of piperidine rings is 1. The summed E-state index contributed by atoms with van der Waals surface area (Å²) in [5, 5.41) is 31.4. The van der Waals surface area contributed by atoms with Gasteiger partial charge in [0.2, 0.25) is 0 Å². The van der Waals surface area contributed by atoms with Crippen molar-refractivity contribution in [1.29, 1.82) is 5.26 Å². The zero-order valence-corrected chi connectivity index (χ0v) is 18.7. The summed E-state index contributed by atoms with van der Waals surface area (Å²) in [7, 11) is 0. The van der Waals surface area contributed by atoms with E-state index in [0.717, 1.165) is 37.1 Å². The number of likely N-dealkylation sites (tertiary alicyclic amines) is 1. The third-order valence-corrected chi connectivity index (χ3v) is 6.66. The van der Waals surface area contributed by atoms with Gasteiger partial charge in [0, 0.05) is 18.8 Å². The molecule has 33 heavy (non-hydrogen) atoms. The molecule has 1 heterocycles. The van der Waals surface area contributed by atoms with Gasteiger partial charge in [-0.3, -0.25) is 0 Å². The number of hydrogen-bond acceptors (Lipinski definition) is 4. The van der Waals surface area contributed by atoms with Crippen LogP contribution in [-0.4, -0.2) is 42.6 Å². The van der Waals surface area contributed by atoms with Crippen molar-refractivity contribution in [1.82, 2.24) is 0 Å². The van der Waals surface area contributed by atoms with E-state index in [1.54, 1.807) is 24.3 Å². The van der Waals surface area contributed by atoms with Gasteiger partial charge >= 0.3 is 0 Å². The quantitative estimate of drug-likeness (QED) is 0.500. The molecule has 0 bridgehead atoms. The highest BCUT2D eigenvalue weighted by Gasteiger charge is 2.42. The van der Waals surface area contributed by atoms with Gasteiger partial charge in [-0.1, -0.05) is 60.7 Å². The molecular formula is C28H31N2O3+. The maximum absolute atomic E-state index is 12.0. The van der Waals surface area contributed by atoms with Gasteiger partial charge in [-0.25, -0.2) is 0 Å². The van der Waals surface area contributed by atoms with Gasteiger partial charge < -0.3 is 19.8 Å². The molecule has 170 valence electrons. The minimum atomic E-state index is -1.02. The fourth-order valence-corrected chi connectivity index (χ4v) is 4.88. The molecule has 3 aromatic rings. The van der Waals surface area contributed by atoms with E-state index in [1.807, 2.05) is 60.7 Å². The van der Waals surface area contributed by atoms with Crippen LogP contribution in [0.3, 0.4) is 0 Å². The first-order valence-electron chi connectivity index (χ1n) is 11.6. The first-order chi connectivity index (χ1) is 16.1. The summed E-state index contributed by atoms with van der Waals surface area (Å²) in [4.78, 5) is 1.32. The molecule has 1 atom stereocenters. The lowest BCUT2D eigenvalue weighted by atomic mass is 9.72. The summed E-state index contributed by atoms with van der Waals surface area (Å²) in [5.74, 6) is 0.760. The molecule has 1 aliphatic rings. The lowest BCUT2D eigenvalue weighted by molar-refractivity contribution is -0.909. The van der Waals surface area contributed by atoms with E-state index in [4.69, 9.17) is 10.00 Å². The molecule has 4 rings (SSSR count). The van der Waals surface area contributed by atoms with Gasteiger partial charge in [-0.15, -0.1) is 0 Å². The Labute approximate surface area is 195 Å². The number of aliphatic hydroxyl groups excluding tert-OH is 1. The predicted octanol–water partition coefficient (Wildman–Crippen LogP) is 2.53. The van der Waals surface area contributed by atoms with Gasteiger partial charge in [0.25, 0.3) is 0 Å². The van der Waals surface area contributed by atoms with Gasteiger partial charge in [-0.2, -0.15) is 5.26 Å². The van der Waals surface area contributed by atoms with E-state index >= 15 is 0 Å². The number of nitrogens with zero attached hydrogens (tertiary/aromatic N) is 1. The smallest absolute Gasteiger partial charge is 0.137 e. The molecule has 0 unspecified atom stereocenters. The van der Waals surface area contributed by atoms with Crippen LogP contribution in [0, 0.1) is 17.2 Å². The largest absolute Gasteiger partial charge is 0.491 e. The summed E-state index contributed by atoms with van der Waals surface area (Å²) < 4.78 is 5.69. The Morgan fingerprint density at radius 2 is 1.45 bits per heavy atom. The number of nitrogens with one attached hydrogen (secondary N) is 1. The molecular weight excluding hydrogens is 412 g/mol. The number of quaternary nitrogens is 1. The lowest BCUT2D eigenvalue weighted by Crippen LogP contribution is -3.14. The predicted molar refractivity (Wildman–Crippen MR) is 127 cm³/mol. The first kappa shape index (κ1) is 23.0. The number of nitriles is 1. The van der Waals surface area contributed by atoms with Gasteiger partial charge in [0.1, 0.15) is 30.6 Å². The highest BCUT2D eigenvalue weighted by molar-refractivity contribution is 5.37. The minimum absolute atomic E-state index is 0.109. The van der Waals surface area contributed by atoms with Crippen molar-refractivity contribution < 1.29 is 19.8 Å². The third-order valence-electron chi connectivity index (χ3n) is 6.66. The van der Waals surface area contributed by atoms with Crippen LogP contribution in [0.25, 0.3) is 0 Å². The molecule has 0 radical (unpaired) electrons. The molecule has 0 amide bonds. The zero-order valence-electron chi connectivity index (χ0n) is 18.7. The SMILES string of the molecule is N#Cc1ccc(OC[C@H](O)C[NH+]2CCC(C(O)(c3ccccc3)c3ccccc3)CC2)cc1. The Bertz CT molecular complexity index is 1000. The standard InChI is InChI=1S/C28H30N2O3/c29-19-22-11-13-27(14-12-22)33-21-26(31)20-30-17-15-25(16-18-30)28(32,23-7-3-1-4-8-23)24-9-5-2-6-10-24/h1-14,25-26,31-32H,15-18,20-21H2/p+1/t26-/m1/s1. The van der Waals surface area contributed by atoms with E-state index in [0.29, 0.717) is 17.9 Å². The van der Waals surface area contributed by atoms with Crippen LogP contribution < -0.4 is 9.64 Å². The molecule has 0 aliphatic carbocycles. The molecule has 0 spiro atoms. The molecule has 0 saturated carbocycles. The maximum atomic E-state index is 12.0. The second-order valence-electron chi connectivity index (χ2n) is 8.83. The summed E-state index contributed by atoms with van der Waals surface area (Å²) >= 11 is 0. The summed E-state index contributed by atoms with van der Waals surface area (Å²) in [5.41, 5.74) is 1.42. The Balaban J connectivity index is 1.35. The second kappa shape index (κ2) is 10.6. The number of aliphatic hydroxyl groups is 2. The lowest BCUT2D eigenvalue weighted by Gasteiger charge is -2.41. The highest BCUT2D eigenvalue weighted by atomic mass is 16.5. The number of hydrogen-bond donors (Lipinski definition) is 3. The van der Waals surface area contributed by atoms with Crippen molar-refractivity contribution in [2.24, 2.45) is 5.92 Å². The summed E-state index contributed by atoms with van der Waals surface area (Å²) in [6, 6.07) is 28.9. The van der Waals surface area contributed by atoms with Crippen LogP contribution in [0.5, 0.6) is 5.75 Å². The van der Waals surface area contributed by atoms with Crippen LogP contribution in [0.2, 0.25) is 0 Å².